The maximum absolute atomic E-state index is 12.9. The largest absolute Gasteiger partial charge is 0.479 e. The summed E-state index contributed by atoms with van der Waals surface area (Å²) in [5.74, 6) is -2.45. The highest BCUT2D eigenvalue weighted by Crippen LogP contribution is 2.23. The number of carbonyl (C=O) groups excluding carboxylic acids is 2. The second kappa shape index (κ2) is 48.2. The number of esters is 2. The molecule has 11 nitrogen and oxygen atoms in total. The molecule has 70 heavy (non-hydrogen) atoms. The summed E-state index contributed by atoms with van der Waals surface area (Å²) >= 11 is 0. The monoisotopic (exact) mass is 987 g/mol. The molecule has 0 aromatic carbocycles. The lowest BCUT2D eigenvalue weighted by atomic mass is 9.99. The van der Waals surface area contributed by atoms with Crippen molar-refractivity contribution in [2.45, 2.75) is 282 Å². The SMILES string of the molecule is CC/C=C\C/C=C\C/C=C\C/C=C\CCCCCCCCCCC(=O)OCC(COC1OC(C(=O)O)C(O)C(O)C1O)OC(=O)CCCCCCCCCCCCC/C=C\CCCCCCCCCC. The van der Waals surface area contributed by atoms with Gasteiger partial charge in [-0.3, -0.25) is 9.59 Å². The van der Waals surface area contributed by atoms with Gasteiger partial charge in [-0.2, -0.15) is 0 Å². The summed E-state index contributed by atoms with van der Waals surface area (Å²) in [5, 5.41) is 40.0. The standard InChI is InChI=1S/C59H102O11/c1-3-5-7-9-11-13-15-17-19-21-23-25-26-28-30-32-34-36-38-40-42-44-46-48-53(61)69-51(50-68-59-56(64)54(62)55(63)57(70-59)58(65)66)49-67-52(60)47-45-43-41-39-37-35-33-31-29-27-24-22-20-18-16-14-12-10-8-6-4-2/h6,8,12,14,18,20-21,23-24,27,51,54-57,59,62-64H,3-5,7,9-11,13,15-17,19,22,25-26,28-50H2,1-2H3,(H,65,66)/b8-6-,14-12-,20-18-,23-21-,27-24-. The zero-order valence-corrected chi connectivity index (χ0v) is 44.3. The van der Waals surface area contributed by atoms with Crippen LogP contribution in [0.4, 0.5) is 0 Å². The van der Waals surface area contributed by atoms with Gasteiger partial charge in [0.2, 0.25) is 0 Å². The summed E-state index contributed by atoms with van der Waals surface area (Å²) < 4.78 is 21.9. The van der Waals surface area contributed by atoms with Gasteiger partial charge in [0.15, 0.2) is 18.5 Å². The molecule has 11 heteroatoms. The van der Waals surface area contributed by atoms with Gasteiger partial charge in [-0.05, 0) is 77.0 Å². The van der Waals surface area contributed by atoms with Crippen molar-refractivity contribution in [3.8, 4) is 0 Å². The van der Waals surface area contributed by atoms with Gasteiger partial charge >= 0.3 is 17.9 Å². The average Bonchev–Trinajstić information content (AvgIpc) is 3.35. The molecule has 6 unspecified atom stereocenters. The van der Waals surface area contributed by atoms with Crippen LogP contribution in [0.25, 0.3) is 0 Å². The minimum atomic E-state index is -1.87. The van der Waals surface area contributed by atoms with E-state index in [0.717, 1.165) is 70.6 Å². The number of aliphatic hydroxyl groups excluding tert-OH is 3. The van der Waals surface area contributed by atoms with Gasteiger partial charge in [0.05, 0.1) is 6.61 Å². The van der Waals surface area contributed by atoms with E-state index in [0.29, 0.717) is 12.8 Å². The molecular formula is C59H102O11. The van der Waals surface area contributed by atoms with Crippen LogP contribution >= 0.6 is 0 Å². The first-order valence-corrected chi connectivity index (χ1v) is 28.3. The zero-order chi connectivity index (χ0) is 51.0. The lowest BCUT2D eigenvalue weighted by Crippen LogP contribution is -2.60. The van der Waals surface area contributed by atoms with E-state index in [4.69, 9.17) is 18.9 Å². The second-order valence-electron chi connectivity index (χ2n) is 19.4. The number of carboxylic acid groups (broad SMARTS) is 1. The molecule has 0 aliphatic carbocycles. The number of carboxylic acids is 1. The number of aliphatic carboxylic acids is 1. The van der Waals surface area contributed by atoms with Gasteiger partial charge in [0, 0.05) is 12.8 Å². The molecule has 1 aliphatic heterocycles. The first kappa shape index (κ1) is 64.9. The number of hydrogen-bond donors (Lipinski definition) is 4. The van der Waals surface area contributed by atoms with Gasteiger partial charge in [-0.15, -0.1) is 0 Å². The Hall–Kier alpha value is -3.09. The summed E-state index contributed by atoms with van der Waals surface area (Å²) in [6.45, 7) is 3.73. The summed E-state index contributed by atoms with van der Waals surface area (Å²) in [4.78, 5) is 37.1. The van der Waals surface area contributed by atoms with Crippen molar-refractivity contribution < 1.29 is 53.8 Å². The predicted molar refractivity (Wildman–Crippen MR) is 284 cm³/mol. The van der Waals surface area contributed by atoms with E-state index < -0.39 is 61.3 Å². The highest BCUT2D eigenvalue weighted by molar-refractivity contribution is 5.73. The third-order valence-corrected chi connectivity index (χ3v) is 12.9. The van der Waals surface area contributed by atoms with Crippen molar-refractivity contribution in [2.75, 3.05) is 13.2 Å². The summed E-state index contributed by atoms with van der Waals surface area (Å²) in [5.41, 5.74) is 0. The summed E-state index contributed by atoms with van der Waals surface area (Å²) in [6.07, 6.45) is 52.7. The average molecular weight is 987 g/mol. The molecule has 0 amide bonds. The van der Waals surface area contributed by atoms with Crippen LogP contribution in [0.5, 0.6) is 0 Å². The predicted octanol–water partition coefficient (Wildman–Crippen LogP) is 14.2. The molecule has 0 aromatic rings. The molecule has 4 N–H and O–H groups in total. The lowest BCUT2D eigenvalue weighted by Gasteiger charge is -2.38. The molecule has 0 spiro atoms. The first-order chi connectivity index (χ1) is 34.2. The van der Waals surface area contributed by atoms with Crippen LogP contribution in [0.1, 0.15) is 245 Å². The van der Waals surface area contributed by atoms with Crippen LogP contribution in [-0.4, -0.2) is 88.4 Å². The smallest absolute Gasteiger partial charge is 0.335 e. The van der Waals surface area contributed by atoms with Crippen molar-refractivity contribution in [1.29, 1.82) is 0 Å². The highest BCUT2D eigenvalue weighted by atomic mass is 16.7. The molecule has 0 radical (unpaired) electrons. The van der Waals surface area contributed by atoms with Crippen LogP contribution in [0, 0.1) is 0 Å². The van der Waals surface area contributed by atoms with Gasteiger partial charge < -0.3 is 39.4 Å². The van der Waals surface area contributed by atoms with Gasteiger partial charge in [-0.25, -0.2) is 4.79 Å². The Kier molecular flexibility index (Phi) is 44.7. The van der Waals surface area contributed by atoms with Crippen molar-refractivity contribution >= 4 is 17.9 Å². The van der Waals surface area contributed by atoms with E-state index >= 15 is 0 Å². The second-order valence-corrected chi connectivity index (χ2v) is 19.4. The molecule has 1 aliphatic rings. The number of carbonyl (C=O) groups is 3. The van der Waals surface area contributed by atoms with E-state index in [-0.39, 0.29) is 19.4 Å². The van der Waals surface area contributed by atoms with Crippen LogP contribution < -0.4 is 0 Å². The minimum Gasteiger partial charge on any atom is -0.479 e. The molecular weight excluding hydrogens is 885 g/mol. The zero-order valence-electron chi connectivity index (χ0n) is 44.3. The first-order valence-electron chi connectivity index (χ1n) is 28.3. The molecule has 1 rings (SSSR count). The van der Waals surface area contributed by atoms with Crippen LogP contribution in [0.2, 0.25) is 0 Å². The molecule has 1 heterocycles. The number of allylic oxidation sites excluding steroid dienone is 10. The minimum absolute atomic E-state index is 0.179. The third-order valence-electron chi connectivity index (χ3n) is 12.9. The van der Waals surface area contributed by atoms with E-state index in [1.165, 1.54) is 135 Å². The number of hydrogen-bond acceptors (Lipinski definition) is 10. The normalized spacial score (nSPS) is 19.1. The van der Waals surface area contributed by atoms with Crippen LogP contribution in [0.15, 0.2) is 60.8 Å². The van der Waals surface area contributed by atoms with Gasteiger partial charge in [0.1, 0.15) is 24.9 Å². The van der Waals surface area contributed by atoms with Crippen LogP contribution in [0.3, 0.4) is 0 Å². The molecule has 0 aromatic heterocycles. The van der Waals surface area contributed by atoms with Crippen molar-refractivity contribution in [2.24, 2.45) is 0 Å². The Morgan fingerprint density at radius 1 is 0.457 bits per heavy atom. The van der Waals surface area contributed by atoms with Crippen molar-refractivity contribution in [1.82, 2.24) is 0 Å². The lowest BCUT2D eigenvalue weighted by molar-refractivity contribution is -0.298. The Bertz CT molecular complexity index is 1390. The topological polar surface area (TPSA) is 169 Å². The fourth-order valence-electron chi connectivity index (χ4n) is 8.45. The molecule has 6 atom stereocenters. The summed E-state index contributed by atoms with van der Waals surface area (Å²) in [7, 11) is 0. The highest BCUT2D eigenvalue weighted by Gasteiger charge is 2.47. The Labute approximate surface area is 426 Å². The maximum atomic E-state index is 12.9. The number of unbranched alkanes of at least 4 members (excludes halogenated alkanes) is 27. The third kappa shape index (κ3) is 38.6. The van der Waals surface area contributed by atoms with Gasteiger partial charge in [-0.1, -0.05) is 216 Å². The number of aliphatic hydroxyl groups is 3. The number of rotatable bonds is 48. The van der Waals surface area contributed by atoms with Gasteiger partial charge in [0.25, 0.3) is 0 Å². The molecule has 0 saturated carbocycles. The Balaban J connectivity index is 2.26. The van der Waals surface area contributed by atoms with E-state index in [1.807, 2.05) is 0 Å². The quantitative estimate of drug-likeness (QED) is 0.0260. The molecule has 0 bridgehead atoms. The van der Waals surface area contributed by atoms with E-state index in [1.54, 1.807) is 0 Å². The van der Waals surface area contributed by atoms with Crippen LogP contribution in [-0.2, 0) is 33.3 Å². The fourth-order valence-corrected chi connectivity index (χ4v) is 8.45. The fraction of sp³-hybridized carbons (Fsp3) is 0.780. The molecule has 1 fully saturated rings. The Morgan fingerprint density at radius 3 is 1.29 bits per heavy atom. The van der Waals surface area contributed by atoms with Crippen molar-refractivity contribution in [3.63, 3.8) is 0 Å². The maximum Gasteiger partial charge on any atom is 0.335 e. The van der Waals surface area contributed by atoms with Crippen molar-refractivity contribution in [3.05, 3.63) is 60.8 Å². The van der Waals surface area contributed by atoms with E-state index in [9.17, 15) is 34.8 Å². The Morgan fingerprint density at radius 2 is 0.843 bits per heavy atom. The summed E-state index contributed by atoms with van der Waals surface area (Å²) in [6, 6.07) is 0. The van der Waals surface area contributed by atoms with E-state index in [2.05, 4.69) is 74.6 Å². The molecule has 404 valence electrons. The molecule has 1 saturated heterocycles. The number of ether oxygens (including phenoxy) is 4.